The average Bonchev–Trinajstić information content (AvgIpc) is 3.47. The maximum Gasteiger partial charge on any atom is 0.293 e. The number of hydrogen-bond acceptors (Lipinski definition) is 9. The number of carbonyl (C=O) groups is 2. The summed E-state index contributed by atoms with van der Waals surface area (Å²) in [4.78, 5) is 38.4. The molecular formula is C24H14Cl2N6O4S2. The number of nitro benzene ring substituents is 1. The number of hydrogen-bond donors (Lipinski definition) is 0. The summed E-state index contributed by atoms with van der Waals surface area (Å²) in [6.45, 7) is -0.0909. The molecule has 0 aliphatic carbocycles. The molecule has 0 unspecified atom stereocenters. The molecule has 1 aromatic heterocycles. The summed E-state index contributed by atoms with van der Waals surface area (Å²) < 4.78 is 1.48. The standard InChI is InChI=1S/C24H14Cl2N6O4S2/c25-17-7-4-8-18(26)16(17)13-30-22(33)21(38-24(30)34)12-14-9-10-20(19(11-14)32(35)36)37-23-27-28-29-31(23)15-5-2-1-3-6-15/h1-12H,13H2/b21-12-. The number of imide groups is 1. The summed E-state index contributed by atoms with van der Waals surface area (Å²) in [7, 11) is 0. The van der Waals surface area contributed by atoms with Gasteiger partial charge in [-0.1, -0.05) is 53.5 Å². The summed E-state index contributed by atoms with van der Waals surface area (Å²) in [5.41, 5.74) is 1.33. The second-order valence-corrected chi connectivity index (χ2v) is 10.6. The highest BCUT2D eigenvalue weighted by atomic mass is 35.5. The van der Waals surface area contributed by atoms with Crippen molar-refractivity contribution in [3.05, 3.63) is 103 Å². The van der Waals surface area contributed by atoms with E-state index in [1.807, 2.05) is 30.3 Å². The number of amides is 2. The van der Waals surface area contributed by atoms with Crippen molar-refractivity contribution in [3.8, 4) is 5.69 Å². The SMILES string of the molecule is O=C1S/C(=C\c2ccc(Sc3nnnn3-c3ccccc3)c([N+](=O)[O-])c2)C(=O)N1Cc1c(Cl)cccc1Cl. The van der Waals surface area contributed by atoms with Gasteiger partial charge in [0.05, 0.1) is 27.0 Å². The zero-order valence-corrected chi connectivity index (χ0v) is 22.2. The van der Waals surface area contributed by atoms with Crippen molar-refractivity contribution in [2.75, 3.05) is 0 Å². The van der Waals surface area contributed by atoms with Crippen molar-refractivity contribution in [2.24, 2.45) is 0 Å². The number of benzene rings is 3. The van der Waals surface area contributed by atoms with Crippen LogP contribution in [0, 0.1) is 10.1 Å². The molecule has 190 valence electrons. The number of halogens is 2. The molecule has 1 fully saturated rings. The molecule has 4 aromatic rings. The molecule has 38 heavy (non-hydrogen) atoms. The normalized spacial score (nSPS) is 14.5. The van der Waals surface area contributed by atoms with Crippen LogP contribution < -0.4 is 0 Å². The van der Waals surface area contributed by atoms with Gasteiger partial charge >= 0.3 is 0 Å². The fourth-order valence-corrected chi connectivity index (χ4v) is 5.79. The summed E-state index contributed by atoms with van der Waals surface area (Å²) >= 11 is 14.2. The maximum atomic E-state index is 13.0. The van der Waals surface area contributed by atoms with E-state index in [1.54, 1.807) is 30.3 Å². The van der Waals surface area contributed by atoms with Crippen LogP contribution in [0.25, 0.3) is 11.8 Å². The smallest absolute Gasteiger partial charge is 0.268 e. The molecule has 1 saturated heterocycles. The quantitative estimate of drug-likeness (QED) is 0.140. The van der Waals surface area contributed by atoms with Gasteiger partial charge in [-0.15, -0.1) is 5.10 Å². The van der Waals surface area contributed by atoms with E-state index in [0.717, 1.165) is 28.4 Å². The van der Waals surface area contributed by atoms with E-state index >= 15 is 0 Å². The van der Waals surface area contributed by atoms with Gasteiger partial charge in [0, 0.05) is 21.7 Å². The molecule has 3 aromatic carbocycles. The zero-order chi connectivity index (χ0) is 26.8. The number of tetrazole rings is 1. The molecule has 0 N–H and O–H groups in total. The molecule has 0 saturated carbocycles. The van der Waals surface area contributed by atoms with E-state index in [0.29, 0.717) is 36.9 Å². The lowest BCUT2D eigenvalue weighted by Gasteiger charge is -2.14. The Morgan fingerprint density at radius 3 is 2.47 bits per heavy atom. The lowest BCUT2D eigenvalue weighted by molar-refractivity contribution is -0.387. The van der Waals surface area contributed by atoms with E-state index in [4.69, 9.17) is 23.2 Å². The number of para-hydroxylation sites is 1. The minimum Gasteiger partial charge on any atom is -0.268 e. The summed E-state index contributed by atoms with van der Waals surface area (Å²) in [6.07, 6.45) is 1.44. The molecule has 2 heterocycles. The van der Waals surface area contributed by atoms with Crippen LogP contribution in [0.1, 0.15) is 11.1 Å². The molecule has 0 bridgehead atoms. The van der Waals surface area contributed by atoms with Gasteiger partial charge in [-0.3, -0.25) is 24.6 Å². The van der Waals surface area contributed by atoms with Crippen molar-refractivity contribution in [3.63, 3.8) is 0 Å². The van der Waals surface area contributed by atoms with Gasteiger partial charge in [0.2, 0.25) is 5.16 Å². The molecule has 10 nitrogen and oxygen atoms in total. The minimum atomic E-state index is -0.542. The van der Waals surface area contributed by atoms with E-state index in [-0.39, 0.29) is 17.1 Å². The molecule has 0 atom stereocenters. The first-order chi connectivity index (χ1) is 18.3. The third-order valence-electron chi connectivity index (χ3n) is 5.37. The third-order valence-corrected chi connectivity index (χ3v) is 7.99. The monoisotopic (exact) mass is 584 g/mol. The van der Waals surface area contributed by atoms with Crippen molar-refractivity contribution in [1.29, 1.82) is 0 Å². The summed E-state index contributed by atoms with van der Waals surface area (Å²) in [5.74, 6) is -0.542. The number of rotatable bonds is 7. The minimum absolute atomic E-state index is 0.0909. The number of carbonyl (C=O) groups excluding carboxylic acids is 2. The van der Waals surface area contributed by atoms with Crippen LogP contribution in [0.3, 0.4) is 0 Å². The van der Waals surface area contributed by atoms with Gasteiger partial charge in [0.15, 0.2) is 0 Å². The first-order valence-electron chi connectivity index (χ1n) is 10.8. The van der Waals surface area contributed by atoms with Gasteiger partial charge < -0.3 is 0 Å². The Bertz CT molecular complexity index is 1590. The summed E-state index contributed by atoms with van der Waals surface area (Å²) in [5, 5.41) is 24.0. The van der Waals surface area contributed by atoms with Crippen LogP contribution in [0.5, 0.6) is 0 Å². The first-order valence-corrected chi connectivity index (χ1v) is 13.2. The van der Waals surface area contributed by atoms with Gasteiger partial charge in [-0.2, -0.15) is 4.68 Å². The molecule has 0 spiro atoms. The fraction of sp³-hybridized carbons (Fsp3) is 0.0417. The Kier molecular flexibility index (Phi) is 7.47. The van der Waals surface area contributed by atoms with Crippen LogP contribution in [0.4, 0.5) is 10.5 Å². The highest BCUT2D eigenvalue weighted by Gasteiger charge is 2.36. The zero-order valence-electron chi connectivity index (χ0n) is 19.0. The Balaban J connectivity index is 1.40. The van der Waals surface area contributed by atoms with Crippen LogP contribution in [-0.4, -0.2) is 41.2 Å². The number of nitro groups is 1. The van der Waals surface area contributed by atoms with Crippen LogP contribution in [-0.2, 0) is 11.3 Å². The molecule has 0 radical (unpaired) electrons. The molecule has 1 aliphatic heterocycles. The average molecular weight is 585 g/mol. The number of thioether (sulfide) groups is 1. The second kappa shape index (κ2) is 11.0. The van der Waals surface area contributed by atoms with Crippen LogP contribution in [0.15, 0.2) is 81.7 Å². The van der Waals surface area contributed by atoms with Gasteiger partial charge in [0.25, 0.3) is 16.8 Å². The Hall–Kier alpha value is -3.71. The Morgan fingerprint density at radius 2 is 1.76 bits per heavy atom. The van der Waals surface area contributed by atoms with E-state index in [1.165, 1.54) is 16.8 Å². The number of nitrogens with zero attached hydrogens (tertiary/aromatic N) is 6. The predicted molar refractivity (Wildman–Crippen MR) is 144 cm³/mol. The Morgan fingerprint density at radius 1 is 1.03 bits per heavy atom. The second-order valence-electron chi connectivity index (χ2n) is 7.76. The number of aromatic nitrogens is 4. The fourth-order valence-electron chi connectivity index (χ4n) is 3.55. The van der Waals surface area contributed by atoms with Gasteiger partial charge in [-0.25, -0.2) is 0 Å². The highest BCUT2D eigenvalue weighted by Crippen LogP contribution is 2.38. The van der Waals surface area contributed by atoms with E-state index in [2.05, 4.69) is 15.5 Å². The first kappa shape index (κ1) is 25.9. The van der Waals surface area contributed by atoms with Crippen LogP contribution >= 0.6 is 46.7 Å². The largest absolute Gasteiger partial charge is 0.293 e. The molecule has 5 rings (SSSR count). The van der Waals surface area contributed by atoms with Crippen molar-refractivity contribution >= 4 is 69.6 Å². The summed E-state index contributed by atoms with van der Waals surface area (Å²) in [6, 6.07) is 18.5. The molecule has 14 heteroatoms. The predicted octanol–water partition coefficient (Wildman–Crippen LogP) is 6.27. The topological polar surface area (TPSA) is 124 Å². The molecule has 2 amide bonds. The van der Waals surface area contributed by atoms with E-state index < -0.39 is 16.1 Å². The van der Waals surface area contributed by atoms with Gasteiger partial charge in [0.1, 0.15) is 0 Å². The van der Waals surface area contributed by atoms with Crippen LogP contribution in [0.2, 0.25) is 10.0 Å². The maximum absolute atomic E-state index is 13.0. The third kappa shape index (κ3) is 5.29. The molecular weight excluding hydrogens is 571 g/mol. The van der Waals surface area contributed by atoms with Crippen molar-refractivity contribution < 1.29 is 14.5 Å². The lowest BCUT2D eigenvalue weighted by Crippen LogP contribution is -2.27. The highest BCUT2D eigenvalue weighted by molar-refractivity contribution is 8.18. The Labute approximate surface area is 233 Å². The molecule has 1 aliphatic rings. The lowest BCUT2D eigenvalue weighted by atomic mass is 10.1. The van der Waals surface area contributed by atoms with Crippen molar-refractivity contribution in [1.82, 2.24) is 25.1 Å². The van der Waals surface area contributed by atoms with Crippen molar-refractivity contribution in [2.45, 2.75) is 16.6 Å². The van der Waals surface area contributed by atoms with Gasteiger partial charge in [-0.05, 0) is 75.9 Å². The van der Waals surface area contributed by atoms with E-state index in [9.17, 15) is 19.7 Å².